The number of nitrogens with two attached hydrogens (primary N) is 1. The zero-order chi connectivity index (χ0) is 13.1. The van der Waals surface area contributed by atoms with E-state index >= 15 is 0 Å². The van der Waals surface area contributed by atoms with Crippen molar-refractivity contribution in [3.63, 3.8) is 0 Å². The molecule has 0 spiro atoms. The number of carbonyl (C=O) groups is 1. The smallest absolute Gasteiger partial charge is 0.253 e. The lowest BCUT2D eigenvalue weighted by molar-refractivity contribution is 0.0942. The van der Waals surface area contributed by atoms with Gasteiger partial charge in [-0.3, -0.25) is 9.78 Å². The van der Waals surface area contributed by atoms with Gasteiger partial charge in [0.05, 0.1) is 11.6 Å². The van der Waals surface area contributed by atoms with Crippen LogP contribution in [0.3, 0.4) is 0 Å². The van der Waals surface area contributed by atoms with Crippen LogP contribution in [0.25, 0.3) is 0 Å². The normalized spacial score (nSPS) is 17.3. The van der Waals surface area contributed by atoms with Crippen LogP contribution in [0.1, 0.15) is 23.2 Å². The summed E-state index contributed by atoms with van der Waals surface area (Å²) in [4.78, 5) is 15.9. The summed E-state index contributed by atoms with van der Waals surface area (Å²) in [5, 5.41) is 14.4. The molecule has 1 aliphatic rings. The first-order chi connectivity index (χ1) is 8.61. The van der Waals surface area contributed by atoms with E-state index in [1.54, 1.807) is 12.3 Å². The standard InChI is InChI=1S/C11H13BrN4O2/c12-8-3-7(4-14-5-8)11(17)15-9(6-1-2-6)10(13)16-18/h3-6,9,18H,1-2H2,(H2,13,16)(H,15,17). The third kappa shape index (κ3) is 2.98. The van der Waals surface area contributed by atoms with Crippen molar-refractivity contribution in [1.82, 2.24) is 10.3 Å². The molecule has 1 amide bonds. The molecule has 1 aliphatic carbocycles. The van der Waals surface area contributed by atoms with Crippen molar-refractivity contribution in [3.05, 3.63) is 28.5 Å². The molecule has 0 radical (unpaired) electrons. The van der Waals surface area contributed by atoms with Crippen molar-refractivity contribution in [1.29, 1.82) is 0 Å². The molecule has 96 valence electrons. The van der Waals surface area contributed by atoms with Gasteiger partial charge in [0.1, 0.15) is 0 Å². The number of hydrogen-bond donors (Lipinski definition) is 3. The van der Waals surface area contributed by atoms with Gasteiger partial charge >= 0.3 is 0 Å². The molecule has 1 aromatic rings. The van der Waals surface area contributed by atoms with Crippen molar-refractivity contribution in [2.45, 2.75) is 18.9 Å². The van der Waals surface area contributed by atoms with Crippen molar-refractivity contribution in [2.75, 3.05) is 0 Å². The predicted molar refractivity (Wildman–Crippen MR) is 69.3 cm³/mol. The van der Waals surface area contributed by atoms with Crippen LogP contribution in [0, 0.1) is 5.92 Å². The van der Waals surface area contributed by atoms with Gasteiger partial charge < -0.3 is 16.3 Å². The first kappa shape index (κ1) is 12.8. The number of nitrogens with one attached hydrogen (secondary N) is 1. The molecule has 2 rings (SSSR count). The largest absolute Gasteiger partial charge is 0.409 e. The average molecular weight is 313 g/mol. The lowest BCUT2D eigenvalue weighted by atomic mass is 10.1. The third-order valence-corrected chi connectivity index (χ3v) is 3.21. The van der Waals surface area contributed by atoms with E-state index in [0.29, 0.717) is 5.56 Å². The van der Waals surface area contributed by atoms with E-state index < -0.39 is 6.04 Å². The third-order valence-electron chi connectivity index (χ3n) is 2.78. The Morgan fingerprint density at radius 1 is 1.61 bits per heavy atom. The van der Waals surface area contributed by atoms with E-state index in [1.807, 2.05) is 0 Å². The molecule has 7 heteroatoms. The Bertz CT molecular complexity index is 488. The maximum absolute atomic E-state index is 12.0. The van der Waals surface area contributed by atoms with Gasteiger partial charge in [0, 0.05) is 16.9 Å². The zero-order valence-electron chi connectivity index (χ0n) is 9.51. The fraction of sp³-hybridized carbons (Fsp3) is 0.364. The van der Waals surface area contributed by atoms with E-state index in [-0.39, 0.29) is 17.7 Å². The first-order valence-corrected chi connectivity index (χ1v) is 6.30. The highest BCUT2D eigenvalue weighted by atomic mass is 79.9. The zero-order valence-corrected chi connectivity index (χ0v) is 11.1. The highest BCUT2D eigenvalue weighted by Crippen LogP contribution is 2.32. The summed E-state index contributed by atoms with van der Waals surface area (Å²) in [6.07, 6.45) is 5.00. The van der Waals surface area contributed by atoms with Gasteiger partial charge in [-0.1, -0.05) is 5.16 Å². The van der Waals surface area contributed by atoms with Crippen molar-refractivity contribution < 1.29 is 10.0 Å². The van der Waals surface area contributed by atoms with Gasteiger partial charge in [-0.2, -0.15) is 0 Å². The molecule has 0 aromatic carbocycles. The van der Waals surface area contributed by atoms with Gasteiger partial charge in [-0.15, -0.1) is 0 Å². The summed E-state index contributed by atoms with van der Waals surface area (Å²) in [6.45, 7) is 0. The van der Waals surface area contributed by atoms with Crippen LogP contribution in [0.5, 0.6) is 0 Å². The number of rotatable bonds is 4. The maximum Gasteiger partial charge on any atom is 0.253 e. The quantitative estimate of drug-likeness (QED) is 0.335. The Labute approximate surface area is 112 Å². The Balaban J connectivity index is 2.10. The van der Waals surface area contributed by atoms with Crippen LogP contribution in [0.2, 0.25) is 0 Å². The SMILES string of the molecule is NC(=NO)C(NC(=O)c1cncc(Br)c1)C1CC1. The molecule has 1 atom stereocenters. The molecule has 18 heavy (non-hydrogen) atoms. The first-order valence-electron chi connectivity index (χ1n) is 5.50. The molecule has 0 aliphatic heterocycles. The van der Waals surface area contributed by atoms with E-state index in [2.05, 4.69) is 31.4 Å². The van der Waals surface area contributed by atoms with Gasteiger partial charge in [0.25, 0.3) is 5.91 Å². The van der Waals surface area contributed by atoms with E-state index in [1.165, 1.54) is 6.20 Å². The van der Waals surface area contributed by atoms with Gasteiger partial charge in [0.2, 0.25) is 0 Å². The number of hydrogen-bond acceptors (Lipinski definition) is 4. The molecule has 4 N–H and O–H groups in total. The van der Waals surface area contributed by atoms with Crippen molar-refractivity contribution in [2.24, 2.45) is 16.8 Å². The highest BCUT2D eigenvalue weighted by molar-refractivity contribution is 9.10. The Morgan fingerprint density at radius 3 is 2.89 bits per heavy atom. The summed E-state index contributed by atoms with van der Waals surface area (Å²) in [7, 11) is 0. The van der Waals surface area contributed by atoms with E-state index in [4.69, 9.17) is 10.9 Å². The Morgan fingerprint density at radius 2 is 2.33 bits per heavy atom. The van der Waals surface area contributed by atoms with Crippen LogP contribution in [0.4, 0.5) is 0 Å². The fourth-order valence-electron chi connectivity index (χ4n) is 1.69. The summed E-state index contributed by atoms with van der Waals surface area (Å²) in [6, 6.07) is 1.25. The predicted octanol–water partition coefficient (Wildman–Crippen LogP) is 1.10. The molecule has 1 heterocycles. The van der Waals surface area contributed by atoms with Crippen LogP contribution < -0.4 is 11.1 Å². The number of nitrogens with zero attached hydrogens (tertiary/aromatic N) is 2. The molecule has 6 nitrogen and oxygen atoms in total. The number of halogens is 1. The van der Waals surface area contributed by atoms with Gasteiger partial charge in [-0.25, -0.2) is 0 Å². The average Bonchev–Trinajstić information content (AvgIpc) is 3.19. The van der Waals surface area contributed by atoms with Crippen LogP contribution in [-0.4, -0.2) is 28.0 Å². The lowest BCUT2D eigenvalue weighted by Crippen LogP contribution is -2.46. The minimum Gasteiger partial charge on any atom is -0.409 e. The Kier molecular flexibility index (Phi) is 3.81. The van der Waals surface area contributed by atoms with Crippen LogP contribution in [-0.2, 0) is 0 Å². The summed E-state index contributed by atoms with van der Waals surface area (Å²) in [5.74, 6) is 0.00562. The highest BCUT2D eigenvalue weighted by Gasteiger charge is 2.35. The minimum atomic E-state index is -0.415. The molecule has 1 unspecified atom stereocenters. The molecule has 0 saturated heterocycles. The molecule has 0 bridgehead atoms. The maximum atomic E-state index is 12.0. The number of oxime groups is 1. The lowest BCUT2D eigenvalue weighted by Gasteiger charge is -2.16. The van der Waals surface area contributed by atoms with E-state index in [0.717, 1.165) is 17.3 Å². The Hall–Kier alpha value is -1.63. The van der Waals surface area contributed by atoms with Crippen molar-refractivity contribution >= 4 is 27.7 Å². The number of aromatic nitrogens is 1. The fourth-order valence-corrected chi connectivity index (χ4v) is 2.05. The van der Waals surface area contributed by atoms with Gasteiger partial charge in [0.15, 0.2) is 5.84 Å². The second kappa shape index (κ2) is 5.34. The van der Waals surface area contributed by atoms with Crippen LogP contribution in [0.15, 0.2) is 28.1 Å². The molecular formula is C11H13BrN4O2. The summed E-state index contributed by atoms with van der Waals surface area (Å²) >= 11 is 3.25. The summed E-state index contributed by atoms with van der Waals surface area (Å²) in [5.41, 5.74) is 6.01. The topological polar surface area (TPSA) is 101 Å². The molecule has 1 aromatic heterocycles. The van der Waals surface area contributed by atoms with Crippen LogP contribution >= 0.6 is 15.9 Å². The monoisotopic (exact) mass is 312 g/mol. The molecule has 1 fully saturated rings. The minimum absolute atomic E-state index is 0.0359. The van der Waals surface area contributed by atoms with Crippen molar-refractivity contribution in [3.8, 4) is 0 Å². The number of amidine groups is 1. The number of carbonyl (C=O) groups excluding carboxylic acids is 1. The number of amides is 1. The summed E-state index contributed by atoms with van der Waals surface area (Å²) < 4.78 is 0.724. The second-order valence-corrected chi connectivity index (χ2v) is 5.12. The molecular weight excluding hydrogens is 300 g/mol. The molecule has 1 saturated carbocycles. The van der Waals surface area contributed by atoms with Gasteiger partial charge in [-0.05, 0) is 40.8 Å². The number of pyridine rings is 1. The second-order valence-electron chi connectivity index (χ2n) is 4.21. The van der Waals surface area contributed by atoms with E-state index in [9.17, 15) is 4.79 Å².